The summed E-state index contributed by atoms with van der Waals surface area (Å²) in [4.78, 5) is 4.94. The highest BCUT2D eigenvalue weighted by Crippen LogP contribution is 2.36. The van der Waals surface area contributed by atoms with Gasteiger partial charge >= 0.3 is 0 Å². The lowest BCUT2D eigenvalue weighted by atomic mass is 9.95. The summed E-state index contributed by atoms with van der Waals surface area (Å²) in [6, 6.07) is 19.1. The Bertz CT molecular complexity index is 1240. The summed E-state index contributed by atoms with van der Waals surface area (Å²) in [7, 11) is 0. The van der Waals surface area contributed by atoms with Gasteiger partial charge in [-0.1, -0.05) is 36.6 Å². The molecule has 2 aromatic carbocycles. The zero-order valence-electron chi connectivity index (χ0n) is 19.1. The van der Waals surface area contributed by atoms with E-state index < -0.39 is 0 Å². The quantitative estimate of drug-likeness (QED) is 0.362. The van der Waals surface area contributed by atoms with Crippen molar-refractivity contribution in [1.82, 2.24) is 20.0 Å². The number of anilines is 2. The van der Waals surface area contributed by atoms with Gasteiger partial charge in [0.15, 0.2) is 0 Å². The van der Waals surface area contributed by atoms with E-state index in [9.17, 15) is 4.39 Å². The van der Waals surface area contributed by atoms with Gasteiger partial charge in [-0.2, -0.15) is 0 Å². The van der Waals surface area contributed by atoms with Gasteiger partial charge in [0, 0.05) is 11.3 Å². The Labute approximate surface area is 193 Å². The largest absolute Gasteiger partial charge is 0.340 e. The predicted octanol–water partition coefficient (Wildman–Crippen LogP) is 7.01. The molecule has 0 aliphatic heterocycles. The lowest BCUT2D eigenvalue weighted by molar-refractivity contribution is 0.326. The minimum absolute atomic E-state index is 0.266. The molecule has 5 nitrogen and oxygen atoms in total. The minimum atomic E-state index is -0.266. The SMILES string of the molecule is Cc1cc(C)cc(Nc2cccc(-c3c(-c4ccc(F)cc4)nnn3C3CCCCC3)n2)c1. The number of rotatable bonds is 5. The van der Waals surface area contributed by atoms with Crippen molar-refractivity contribution in [2.75, 3.05) is 5.32 Å². The number of nitrogens with one attached hydrogen (secondary N) is 1. The van der Waals surface area contributed by atoms with E-state index in [0.29, 0.717) is 6.04 Å². The highest BCUT2D eigenvalue weighted by atomic mass is 19.1. The minimum Gasteiger partial charge on any atom is -0.340 e. The monoisotopic (exact) mass is 441 g/mol. The molecule has 0 amide bonds. The maximum absolute atomic E-state index is 13.6. The molecule has 1 aliphatic rings. The van der Waals surface area contributed by atoms with Crippen molar-refractivity contribution >= 4 is 11.5 Å². The summed E-state index contributed by atoms with van der Waals surface area (Å²) >= 11 is 0. The van der Waals surface area contributed by atoms with Crippen molar-refractivity contribution in [1.29, 1.82) is 0 Å². The van der Waals surface area contributed by atoms with E-state index in [1.54, 1.807) is 12.1 Å². The second kappa shape index (κ2) is 9.14. The van der Waals surface area contributed by atoms with Crippen LogP contribution in [0.15, 0.2) is 60.7 Å². The Kier molecular flexibility index (Phi) is 5.90. The van der Waals surface area contributed by atoms with E-state index in [1.165, 1.54) is 42.5 Å². The molecule has 1 fully saturated rings. The molecule has 1 aliphatic carbocycles. The van der Waals surface area contributed by atoms with Crippen molar-refractivity contribution in [3.05, 3.63) is 77.6 Å². The van der Waals surface area contributed by atoms with Gasteiger partial charge < -0.3 is 5.32 Å². The van der Waals surface area contributed by atoms with Crippen molar-refractivity contribution in [3.8, 4) is 22.6 Å². The van der Waals surface area contributed by atoms with Crippen molar-refractivity contribution in [2.24, 2.45) is 0 Å². The molecular formula is C27H28FN5. The number of pyridine rings is 1. The third kappa shape index (κ3) is 4.65. The first-order chi connectivity index (χ1) is 16.1. The van der Waals surface area contributed by atoms with Gasteiger partial charge in [-0.05, 0) is 86.3 Å². The van der Waals surface area contributed by atoms with Gasteiger partial charge in [0.05, 0.1) is 11.7 Å². The predicted molar refractivity (Wildman–Crippen MR) is 130 cm³/mol. The number of nitrogens with zero attached hydrogens (tertiary/aromatic N) is 4. The summed E-state index contributed by atoms with van der Waals surface area (Å²) in [5, 5.41) is 12.5. The Morgan fingerprint density at radius 3 is 2.36 bits per heavy atom. The van der Waals surface area contributed by atoms with Gasteiger partial charge in [0.2, 0.25) is 0 Å². The zero-order valence-corrected chi connectivity index (χ0v) is 19.1. The normalized spacial score (nSPS) is 14.4. The molecule has 2 aromatic heterocycles. The van der Waals surface area contributed by atoms with Crippen molar-refractivity contribution in [3.63, 3.8) is 0 Å². The van der Waals surface area contributed by atoms with Crippen LogP contribution >= 0.6 is 0 Å². The van der Waals surface area contributed by atoms with Crippen LogP contribution in [-0.4, -0.2) is 20.0 Å². The average Bonchev–Trinajstić information content (AvgIpc) is 3.25. The molecule has 1 N–H and O–H groups in total. The van der Waals surface area contributed by atoms with E-state index in [-0.39, 0.29) is 5.82 Å². The van der Waals surface area contributed by atoms with Crippen LogP contribution in [-0.2, 0) is 0 Å². The molecule has 0 unspecified atom stereocenters. The fraction of sp³-hybridized carbons (Fsp3) is 0.296. The lowest BCUT2D eigenvalue weighted by Crippen LogP contribution is -2.15. The Morgan fingerprint density at radius 2 is 1.64 bits per heavy atom. The van der Waals surface area contributed by atoms with E-state index >= 15 is 0 Å². The van der Waals surface area contributed by atoms with Crippen LogP contribution < -0.4 is 5.32 Å². The fourth-order valence-electron chi connectivity index (χ4n) is 4.75. The number of benzene rings is 2. The zero-order chi connectivity index (χ0) is 22.8. The molecule has 6 heteroatoms. The van der Waals surface area contributed by atoms with Crippen LogP contribution in [0.5, 0.6) is 0 Å². The summed E-state index contributed by atoms with van der Waals surface area (Å²) in [6.07, 6.45) is 5.81. The molecule has 168 valence electrons. The first-order valence-electron chi connectivity index (χ1n) is 11.6. The third-order valence-corrected chi connectivity index (χ3v) is 6.22. The Hall–Kier alpha value is -3.54. The average molecular weight is 442 g/mol. The van der Waals surface area contributed by atoms with Gasteiger partial charge in [-0.15, -0.1) is 5.10 Å². The van der Waals surface area contributed by atoms with Crippen LogP contribution in [0.25, 0.3) is 22.6 Å². The third-order valence-electron chi connectivity index (χ3n) is 6.22. The highest BCUT2D eigenvalue weighted by Gasteiger charge is 2.25. The summed E-state index contributed by atoms with van der Waals surface area (Å²) in [5.41, 5.74) is 6.67. The topological polar surface area (TPSA) is 55.6 Å². The molecule has 0 radical (unpaired) electrons. The summed E-state index contributed by atoms with van der Waals surface area (Å²) in [6.45, 7) is 4.18. The molecule has 0 saturated heterocycles. The number of hydrogen-bond donors (Lipinski definition) is 1. The molecular weight excluding hydrogens is 413 g/mol. The molecule has 5 rings (SSSR count). The molecule has 2 heterocycles. The number of aromatic nitrogens is 4. The number of hydrogen-bond acceptors (Lipinski definition) is 4. The Balaban J connectivity index is 1.57. The van der Waals surface area contributed by atoms with E-state index in [0.717, 1.165) is 47.0 Å². The standard InChI is InChI=1S/C27H28FN5/c1-18-15-19(2)17-22(16-18)29-25-10-6-9-24(30-25)27-26(20-11-13-21(28)14-12-20)31-32-33(27)23-7-4-3-5-8-23/h6,9-17,23H,3-5,7-8H2,1-2H3,(H,29,30). The molecule has 33 heavy (non-hydrogen) atoms. The second-order valence-electron chi connectivity index (χ2n) is 8.94. The van der Waals surface area contributed by atoms with Gasteiger partial charge in [0.25, 0.3) is 0 Å². The highest BCUT2D eigenvalue weighted by molar-refractivity contribution is 5.77. The fourth-order valence-corrected chi connectivity index (χ4v) is 4.75. The Morgan fingerprint density at radius 1 is 0.909 bits per heavy atom. The summed E-state index contributed by atoms with van der Waals surface area (Å²) in [5.74, 6) is 0.497. The van der Waals surface area contributed by atoms with Gasteiger partial charge in [0.1, 0.15) is 23.0 Å². The van der Waals surface area contributed by atoms with E-state index in [4.69, 9.17) is 4.98 Å². The molecule has 0 bridgehead atoms. The van der Waals surface area contributed by atoms with Crippen LogP contribution in [0.4, 0.5) is 15.9 Å². The lowest BCUT2D eigenvalue weighted by Gasteiger charge is -2.23. The van der Waals surface area contributed by atoms with Gasteiger partial charge in [-0.25, -0.2) is 14.1 Å². The number of aryl methyl sites for hydroxylation is 2. The van der Waals surface area contributed by atoms with Crippen molar-refractivity contribution < 1.29 is 4.39 Å². The molecule has 1 saturated carbocycles. The summed E-state index contributed by atoms with van der Waals surface area (Å²) < 4.78 is 15.6. The van der Waals surface area contributed by atoms with Crippen molar-refractivity contribution in [2.45, 2.75) is 52.0 Å². The van der Waals surface area contributed by atoms with E-state index in [2.05, 4.69) is 47.7 Å². The maximum Gasteiger partial charge on any atom is 0.131 e. The first kappa shape index (κ1) is 21.3. The maximum atomic E-state index is 13.6. The van der Waals surface area contributed by atoms with Gasteiger partial charge in [-0.3, -0.25) is 0 Å². The van der Waals surface area contributed by atoms with Crippen LogP contribution in [0.1, 0.15) is 49.3 Å². The smallest absolute Gasteiger partial charge is 0.131 e. The molecule has 4 aromatic rings. The first-order valence-corrected chi connectivity index (χ1v) is 11.6. The van der Waals surface area contributed by atoms with Crippen LogP contribution in [0, 0.1) is 19.7 Å². The van der Waals surface area contributed by atoms with E-state index in [1.807, 2.05) is 22.9 Å². The number of halogens is 1. The second-order valence-corrected chi connectivity index (χ2v) is 8.94. The van der Waals surface area contributed by atoms with Crippen LogP contribution in [0.3, 0.4) is 0 Å². The van der Waals surface area contributed by atoms with Crippen LogP contribution in [0.2, 0.25) is 0 Å². The molecule has 0 spiro atoms. The molecule has 0 atom stereocenters.